The van der Waals surface area contributed by atoms with Crippen molar-refractivity contribution in [1.82, 2.24) is 9.97 Å². The first kappa shape index (κ1) is 14.2. The molecule has 0 saturated carbocycles. The highest BCUT2D eigenvalue weighted by atomic mass is 35.5. The van der Waals surface area contributed by atoms with Crippen LogP contribution in [0.4, 0.5) is 5.82 Å². The maximum Gasteiger partial charge on any atom is 0.137 e. The molecule has 1 aromatic heterocycles. The molecular weight excluding hydrogens is 234 g/mol. The lowest BCUT2D eigenvalue weighted by atomic mass is 9.96. The molecule has 0 unspecified atom stereocenters. The summed E-state index contributed by atoms with van der Waals surface area (Å²) in [5.74, 6) is 1.73. The van der Waals surface area contributed by atoms with Crippen molar-refractivity contribution in [3.8, 4) is 0 Å². The topological polar surface area (TPSA) is 29.0 Å². The number of anilines is 1. The van der Waals surface area contributed by atoms with Crippen molar-refractivity contribution >= 4 is 17.4 Å². The molecule has 1 heterocycles. The molecule has 0 amide bonds. The van der Waals surface area contributed by atoms with Crippen molar-refractivity contribution in [3.05, 3.63) is 17.0 Å². The van der Waals surface area contributed by atoms with E-state index in [1.54, 1.807) is 0 Å². The standard InChI is InChI=1S/C13H22ClN3/c1-6-8-17(7-2)11-9-10(14)15-12(16-11)13(3,4)5/h9H,6-8H2,1-5H3. The van der Waals surface area contributed by atoms with Gasteiger partial charge in [-0.25, -0.2) is 9.97 Å². The average Bonchev–Trinajstić information content (AvgIpc) is 2.23. The zero-order valence-corrected chi connectivity index (χ0v) is 12.2. The Morgan fingerprint density at radius 1 is 1.24 bits per heavy atom. The predicted molar refractivity (Wildman–Crippen MR) is 73.9 cm³/mol. The van der Waals surface area contributed by atoms with E-state index in [0.29, 0.717) is 5.15 Å². The van der Waals surface area contributed by atoms with Gasteiger partial charge >= 0.3 is 0 Å². The number of hydrogen-bond acceptors (Lipinski definition) is 3. The summed E-state index contributed by atoms with van der Waals surface area (Å²) in [4.78, 5) is 11.2. The van der Waals surface area contributed by atoms with Crippen molar-refractivity contribution in [2.24, 2.45) is 0 Å². The van der Waals surface area contributed by atoms with E-state index in [-0.39, 0.29) is 5.41 Å². The summed E-state index contributed by atoms with van der Waals surface area (Å²) >= 11 is 6.08. The molecule has 0 bridgehead atoms. The third-order valence-electron chi connectivity index (χ3n) is 2.55. The van der Waals surface area contributed by atoms with Gasteiger partial charge in [-0.3, -0.25) is 0 Å². The lowest BCUT2D eigenvalue weighted by Gasteiger charge is -2.24. The Morgan fingerprint density at radius 3 is 2.35 bits per heavy atom. The monoisotopic (exact) mass is 255 g/mol. The van der Waals surface area contributed by atoms with Crippen molar-refractivity contribution in [1.29, 1.82) is 0 Å². The molecule has 0 aromatic carbocycles. The molecule has 1 rings (SSSR count). The Balaban J connectivity index is 3.12. The van der Waals surface area contributed by atoms with Crippen LogP contribution < -0.4 is 4.90 Å². The minimum Gasteiger partial charge on any atom is -0.357 e. The summed E-state index contributed by atoms with van der Waals surface area (Å²) in [6.07, 6.45) is 1.10. The van der Waals surface area contributed by atoms with Crippen molar-refractivity contribution in [3.63, 3.8) is 0 Å². The molecule has 1 aromatic rings. The van der Waals surface area contributed by atoms with Gasteiger partial charge in [-0.05, 0) is 13.3 Å². The maximum atomic E-state index is 6.08. The van der Waals surface area contributed by atoms with E-state index < -0.39 is 0 Å². The molecule has 17 heavy (non-hydrogen) atoms. The van der Waals surface area contributed by atoms with E-state index >= 15 is 0 Å². The van der Waals surface area contributed by atoms with Crippen LogP contribution in [0.5, 0.6) is 0 Å². The van der Waals surface area contributed by atoms with Crippen molar-refractivity contribution < 1.29 is 0 Å². The second kappa shape index (κ2) is 5.67. The first-order chi connectivity index (χ1) is 7.88. The van der Waals surface area contributed by atoms with Gasteiger partial charge in [0.15, 0.2) is 0 Å². The minimum atomic E-state index is -0.0781. The molecule has 0 atom stereocenters. The van der Waals surface area contributed by atoms with Gasteiger partial charge in [0, 0.05) is 24.6 Å². The van der Waals surface area contributed by atoms with Gasteiger partial charge in [0.2, 0.25) is 0 Å². The summed E-state index contributed by atoms with van der Waals surface area (Å²) in [7, 11) is 0. The highest BCUT2D eigenvalue weighted by Gasteiger charge is 2.20. The van der Waals surface area contributed by atoms with Crippen LogP contribution in [0.2, 0.25) is 5.15 Å². The van der Waals surface area contributed by atoms with E-state index in [1.807, 2.05) is 6.07 Å². The lowest BCUT2D eigenvalue weighted by molar-refractivity contribution is 0.544. The Hall–Kier alpha value is -0.830. The van der Waals surface area contributed by atoms with Gasteiger partial charge in [0.1, 0.15) is 16.8 Å². The van der Waals surface area contributed by atoms with Gasteiger partial charge in [0.25, 0.3) is 0 Å². The fraction of sp³-hybridized carbons (Fsp3) is 0.692. The van der Waals surface area contributed by atoms with Crippen LogP contribution in [-0.2, 0) is 5.41 Å². The van der Waals surface area contributed by atoms with E-state index in [9.17, 15) is 0 Å². The number of rotatable bonds is 4. The highest BCUT2D eigenvalue weighted by molar-refractivity contribution is 6.29. The Bertz CT molecular complexity index is 371. The zero-order chi connectivity index (χ0) is 13.1. The Morgan fingerprint density at radius 2 is 1.88 bits per heavy atom. The SMILES string of the molecule is CCCN(CC)c1cc(Cl)nc(C(C)(C)C)n1. The van der Waals surface area contributed by atoms with E-state index in [2.05, 4.69) is 49.5 Å². The van der Waals surface area contributed by atoms with Gasteiger partial charge in [-0.2, -0.15) is 0 Å². The average molecular weight is 256 g/mol. The molecule has 0 N–H and O–H groups in total. The molecule has 0 spiro atoms. The van der Waals surface area contributed by atoms with Crippen LogP contribution in [-0.4, -0.2) is 23.1 Å². The van der Waals surface area contributed by atoms with E-state index in [0.717, 1.165) is 31.2 Å². The van der Waals surface area contributed by atoms with Crippen LogP contribution in [0, 0.1) is 0 Å². The van der Waals surface area contributed by atoms with Crippen LogP contribution >= 0.6 is 11.6 Å². The quantitative estimate of drug-likeness (QED) is 0.769. The van der Waals surface area contributed by atoms with Gasteiger partial charge in [-0.15, -0.1) is 0 Å². The molecule has 0 aliphatic carbocycles. The fourth-order valence-corrected chi connectivity index (χ4v) is 1.79. The summed E-state index contributed by atoms with van der Waals surface area (Å²) in [6.45, 7) is 12.5. The lowest BCUT2D eigenvalue weighted by Crippen LogP contribution is -2.26. The molecule has 0 radical (unpaired) electrons. The minimum absolute atomic E-state index is 0.0781. The Labute approximate surface area is 109 Å². The Kier molecular flexibility index (Phi) is 4.75. The molecule has 4 heteroatoms. The van der Waals surface area contributed by atoms with Crippen LogP contribution in [0.25, 0.3) is 0 Å². The van der Waals surface area contributed by atoms with Crippen LogP contribution in [0.3, 0.4) is 0 Å². The van der Waals surface area contributed by atoms with Crippen molar-refractivity contribution in [2.45, 2.75) is 46.5 Å². The number of hydrogen-bond donors (Lipinski definition) is 0. The summed E-state index contributed by atoms with van der Waals surface area (Å²) in [5, 5.41) is 0.523. The summed E-state index contributed by atoms with van der Waals surface area (Å²) < 4.78 is 0. The second-order valence-corrected chi connectivity index (χ2v) is 5.59. The molecule has 96 valence electrons. The molecule has 3 nitrogen and oxygen atoms in total. The fourth-order valence-electron chi connectivity index (χ4n) is 1.61. The van der Waals surface area contributed by atoms with Crippen molar-refractivity contribution in [2.75, 3.05) is 18.0 Å². The van der Waals surface area contributed by atoms with E-state index in [1.165, 1.54) is 0 Å². The largest absolute Gasteiger partial charge is 0.357 e. The second-order valence-electron chi connectivity index (χ2n) is 5.20. The first-order valence-corrected chi connectivity index (χ1v) is 6.56. The predicted octanol–water partition coefficient (Wildman–Crippen LogP) is 3.66. The molecule has 0 aliphatic heterocycles. The van der Waals surface area contributed by atoms with Gasteiger partial charge in [-0.1, -0.05) is 39.3 Å². The summed E-state index contributed by atoms with van der Waals surface area (Å²) in [5.41, 5.74) is -0.0781. The highest BCUT2D eigenvalue weighted by Crippen LogP contribution is 2.24. The third-order valence-corrected chi connectivity index (χ3v) is 2.75. The maximum absolute atomic E-state index is 6.08. The van der Waals surface area contributed by atoms with Crippen LogP contribution in [0.1, 0.15) is 46.9 Å². The summed E-state index contributed by atoms with van der Waals surface area (Å²) in [6, 6.07) is 1.84. The zero-order valence-electron chi connectivity index (χ0n) is 11.4. The molecule has 0 fully saturated rings. The first-order valence-electron chi connectivity index (χ1n) is 6.18. The van der Waals surface area contributed by atoms with E-state index in [4.69, 9.17) is 11.6 Å². The molecule has 0 aliphatic rings. The molecular formula is C13H22ClN3. The third kappa shape index (κ3) is 3.84. The number of aromatic nitrogens is 2. The smallest absolute Gasteiger partial charge is 0.137 e. The normalized spacial score (nSPS) is 11.6. The number of halogens is 1. The van der Waals surface area contributed by atoms with Gasteiger partial charge < -0.3 is 4.90 Å². The van der Waals surface area contributed by atoms with Gasteiger partial charge in [0.05, 0.1) is 0 Å². The molecule has 0 saturated heterocycles. The number of nitrogens with zero attached hydrogens (tertiary/aromatic N) is 3. The van der Waals surface area contributed by atoms with Crippen LogP contribution in [0.15, 0.2) is 6.07 Å².